The zero-order chi connectivity index (χ0) is 17.9. The number of ketones is 1. The minimum atomic E-state index is -0.790. The molecule has 0 saturated heterocycles. The summed E-state index contributed by atoms with van der Waals surface area (Å²) in [5.41, 5.74) is 0.877. The molecule has 0 spiro atoms. The van der Waals surface area contributed by atoms with Crippen LogP contribution in [-0.4, -0.2) is 36.4 Å². The number of benzene rings is 1. The molecule has 2 rings (SSSR count). The van der Waals surface area contributed by atoms with Crippen molar-refractivity contribution in [2.24, 2.45) is 0 Å². The summed E-state index contributed by atoms with van der Waals surface area (Å²) >= 11 is 0. The quantitative estimate of drug-likeness (QED) is 0.455. The molecule has 0 N–H and O–H groups in total. The second-order valence-electron chi connectivity index (χ2n) is 5.90. The van der Waals surface area contributed by atoms with Crippen LogP contribution in [0.15, 0.2) is 18.2 Å². The van der Waals surface area contributed by atoms with E-state index in [1.54, 1.807) is 32.0 Å². The van der Waals surface area contributed by atoms with Crippen molar-refractivity contribution in [3.8, 4) is 5.75 Å². The van der Waals surface area contributed by atoms with Crippen LogP contribution in [-0.2, 0) is 14.3 Å². The van der Waals surface area contributed by atoms with E-state index < -0.39 is 18.1 Å². The van der Waals surface area contributed by atoms with Gasteiger partial charge in [0, 0.05) is 5.56 Å². The van der Waals surface area contributed by atoms with Crippen molar-refractivity contribution in [2.75, 3.05) is 11.5 Å². The fourth-order valence-electron chi connectivity index (χ4n) is 2.52. The van der Waals surface area contributed by atoms with Crippen LogP contribution in [0.1, 0.15) is 50.9 Å². The molecule has 130 valence electrons. The topological polar surface area (TPSA) is 72.9 Å². The number of amides is 1. The highest BCUT2D eigenvalue weighted by atomic mass is 16.5. The van der Waals surface area contributed by atoms with Crippen LogP contribution >= 0.6 is 0 Å². The van der Waals surface area contributed by atoms with E-state index >= 15 is 0 Å². The van der Waals surface area contributed by atoms with Crippen LogP contribution in [0.5, 0.6) is 5.75 Å². The Morgan fingerprint density at radius 2 is 2.08 bits per heavy atom. The highest BCUT2D eigenvalue weighted by Gasteiger charge is 2.38. The number of carbonyl (C=O) groups excluding carboxylic acids is 3. The van der Waals surface area contributed by atoms with Gasteiger partial charge in [-0.3, -0.25) is 14.5 Å². The van der Waals surface area contributed by atoms with Gasteiger partial charge in [0.25, 0.3) is 5.91 Å². The lowest BCUT2D eigenvalue weighted by molar-refractivity contribution is -0.146. The van der Waals surface area contributed by atoms with Gasteiger partial charge in [0.1, 0.15) is 11.8 Å². The van der Waals surface area contributed by atoms with Gasteiger partial charge in [0.2, 0.25) is 0 Å². The molecular formula is C18H23NO5. The number of unbranched alkanes of at least 4 members (excludes halogenated alkanes) is 1. The number of anilines is 1. The maximum absolute atomic E-state index is 12.6. The average Bonchev–Trinajstić information content (AvgIpc) is 2.55. The van der Waals surface area contributed by atoms with Crippen molar-refractivity contribution >= 4 is 23.3 Å². The maximum atomic E-state index is 12.6. The third kappa shape index (κ3) is 3.58. The zero-order valence-corrected chi connectivity index (χ0v) is 14.5. The number of hydrogen-bond donors (Lipinski definition) is 0. The SMILES string of the molecule is CCCCOC(=O)C(C)N1C(=O)C(C)Oc2ccc(C(C)=O)cc21. The Labute approximate surface area is 141 Å². The van der Waals surface area contributed by atoms with Crippen molar-refractivity contribution in [1.82, 2.24) is 0 Å². The number of nitrogens with zero attached hydrogens (tertiary/aromatic N) is 1. The first-order valence-electron chi connectivity index (χ1n) is 8.18. The van der Waals surface area contributed by atoms with E-state index in [1.807, 2.05) is 6.92 Å². The maximum Gasteiger partial charge on any atom is 0.328 e. The molecule has 6 heteroatoms. The van der Waals surface area contributed by atoms with E-state index in [0.717, 1.165) is 12.8 Å². The van der Waals surface area contributed by atoms with E-state index in [1.165, 1.54) is 11.8 Å². The fraction of sp³-hybridized carbons (Fsp3) is 0.500. The summed E-state index contributed by atoms with van der Waals surface area (Å²) in [5.74, 6) is -0.449. The fourth-order valence-corrected chi connectivity index (χ4v) is 2.52. The largest absolute Gasteiger partial charge is 0.479 e. The molecule has 1 aliphatic heterocycles. The van der Waals surface area contributed by atoms with Gasteiger partial charge >= 0.3 is 5.97 Å². The minimum absolute atomic E-state index is 0.123. The van der Waals surface area contributed by atoms with Gasteiger partial charge in [0.05, 0.1) is 12.3 Å². The molecule has 1 amide bonds. The number of carbonyl (C=O) groups is 3. The van der Waals surface area contributed by atoms with E-state index in [9.17, 15) is 14.4 Å². The zero-order valence-electron chi connectivity index (χ0n) is 14.5. The summed E-state index contributed by atoms with van der Waals surface area (Å²) in [6, 6.07) is 4.09. The monoisotopic (exact) mass is 333 g/mol. The van der Waals surface area contributed by atoms with E-state index in [-0.39, 0.29) is 11.7 Å². The number of fused-ring (bicyclic) bond motifs is 1. The normalized spacial score (nSPS) is 17.8. The number of Topliss-reactive ketones (excluding diaryl/α,β-unsaturated/α-hetero) is 1. The smallest absolute Gasteiger partial charge is 0.328 e. The molecular weight excluding hydrogens is 310 g/mol. The average molecular weight is 333 g/mol. The first kappa shape index (κ1) is 18.0. The van der Waals surface area contributed by atoms with Crippen molar-refractivity contribution < 1.29 is 23.9 Å². The van der Waals surface area contributed by atoms with Crippen molar-refractivity contribution in [3.05, 3.63) is 23.8 Å². The van der Waals surface area contributed by atoms with Crippen LogP contribution in [0.3, 0.4) is 0 Å². The number of ether oxygens (including phenoxy) is 2. The molecule has 1 aliphatic rings. The second-order valence-corrected chi connectivity index (χ2v) is 5.90. The third-order valence-electron chi connectivity index (χ3n) is 3.98. The Morgan fingerprint density at radius 3 is 2.71 bits per heavy atom. The van der Waals surface area contributed by atoms with Crippen LogP contribution in [0.4, 0.5) is 5.69 Å². The molecule has 6 nitrogen and oxygen atoms in total. The summed E-state index contributed by atoms with van der Waals surface area (Å²) in [6.07, 6.45) is 0.989. The van der Waals surface area contributed by atoms with Crippen molar-refractivity contribution in [1.29, 1.82) is 0 Å². The van der Waals surface area contributed by atoms with Crippen LogP contribution in [0.2, 0.25) is 0 Å². The molecule has 2 unspecified atom stereocenters. The highest BCUT2D eigenvalue weighted by Crippen LogP contribution is 2.36. The first-order valence-corrected chi connectivity index (χ1v) is 8.18. The highest BCUT2D eigenvalue weighted by molar-refractivity contribution is 6.05. The predicted molar refractivity (Wildman–Crippen MR) is 89.4 cm³/mol. The van der Waals surface area contributed by atoms with Crippen LogP contribution in [0, 0.1) is 0 Å². The van der Waals surface area contributed by atoms with Crippen LogP contribution in [0.25, 0.3) is 0 Å². The number of esters is 1. The van der Waals surface area contributed by atoms with Gasteiger partial charge in [-0.2, -0.15) is 0 Å². The summed E-state index contributed by atoms with van der Waals surface area (Å²) in [5, 5.41) is 0. The van der Waals surface area contributed by atoms with E-state index in [4.69, 9.17) is 9.47 Å². The molecule has 0 aromatic heterocycles. The predicted octanol–water partition coefficient (Wildman–Crippen LogP) is 2.73. The lowest BCUT2D eigenvalue weighted by Crippen LogP contribution is -2.52. The second kappa shape index (κ2) is 7.47. The Balaban J connectivity index is 2.34. The van der Waals surface area contributed by atoms with Gasteiger partial charge < -0.3 is 9.47 Å². The Kier molecular flexibility index (Phi) is 5.59. The summed E-state index contributed by atoms with van der Waals surface area (Å²) in [7, 11) is 0. The summed E-state index contributed by atoms with van der Waals surface area (Å²) in [4.78, 5) is 37.8. The Hall–Kier alpha value is -2.37. The van der Waals surface area contributed by atoms with Gasteiger partial charge in [-0.05, 0) is 45.4 Å². The molecule has 1 aromatic rings. The van der Waals surface area contributed by atoms with Gasteiger partial charge in [-0.15, -0.1) is 0 Å². The molecule has 0 radical (unpaired) electrons. The Bertz CT molecular complexity index is 655. The first-order chi connectivity index (χ1) is 11.4. The van der Waals surface area contributed by atoms with Gasteiger partial charge in [-0.25, -0.2) is 4.79 Å². The van der Waals surface area contributed by atoms with Crippen LogP contribution < -0.4 is 9.64 Å². The van der Waals surface area contributed by atoms with Crippen molar-refractivity contribution in [3.63, 3.8) is 0 Å². The molecule has 0 saturated carbocycles. The molecule has 2 atom stereocenters. The van der Waals surface area contributed by atoms with Crippen molar-refractivity contribution in [2.45, 2.75) is 52.7 Å². The Morgan fingerprint density at radius 1 is 1.38 bits per heavy atom. The number of hydrogen-bond acceptors (Lipinski definition) is 5. The molecule has 0 aliphatic carbocycles. The summed E-state index contributed by atoms with van der Waals surface area (Å²) in [6.45, 7) is 7.03. The third-order valence-corrected chi connectivity index (χ3v) is 3.98. The minimum Gasteiger partial charge on any atom is -0.479 e. The standard InChI is InChI=1S/C18H23NO5/c1-5-6-9-23-18(22)11(2)19-15-10-14(12(3)20)7-8-16(15)24-13(4)17(19)21/h7-8,10-11,13H,5-6,9H2,1-4H3. The molecule has 24 heavy (non-hydrogen) atoms. The molecule has 1 heterocycles. The summed E-state index contributed by atoms with van der Waals surface area (Å²) < 4.78 is 10.8. The lowest BCUT2D eigenvalue weighted by Gasteiger charge is -2.36. The van der Waals surface area contributed by atoms with E-state index in [0.29, 0.717) is 23.6 Å². The lowest BCUT2D eigenvalue weighted by atomic mass is 10.1. The van der Waals surface area contributed by atoms with Gasteiger partial charge in [0.15, 0.2) is 11.9 Å². The molecule has 1 aromatic carbocycles. The molecule has 0 fully saturated rings. The molecule has 0 bridgehead atoms. The van der Waals surface area contributed by atoms with E-state index in [2.05, 4.69) is 0 Å². The number of rotatable bonds is 6. The van der Waals surface area contributed by atoms with Gasteiger partial charge in [-0.1, -0.05) is 13.3 Å².